The Balaban J connectivity index is 2.17. The van der Waals surface area contributed by atoms with Gasteiger partial charge in [-0.05, 0) is 11.6 Å². The quantitative estimate of drug-likeness (QED) is 0.654. The first-order valence-electron chi connectivity index (χ1n) is 6.42. The predicted octanol–water partition coefficient (Wildman–Crippen LogP) is 0.910. The summed E-state index contributed by atoms with van der Waals surface area (Å²) in [6.45, 7) is 2.33. The van der Waals surface area contributed by atoms with Crippen LogP contribution in [0.5, 0.6) is 0 Å². The lowest BCUT2D eigenvalue weighted by atomic mass is 10.1. The summed E-state index contributed by atoms with van der Waals surface area (Å²) >= 11 is 0. The van der Waals surface area contributed by atoms with Gasteiger partial charge >= 0.3 is 0 Å². The molecule has 0 unspecified atom stereocenters. The number of benzene rings is 1. The number of carbonyl (C=O) groups is 1. The number of nitrogens with zero attached hydrogens (tertiary/aromatic N) is 3. The van der Waals surface area contributed by atoms with Gasteiger partial charge in [-0.2, -0.15) is 0 Å². The van der Waals surface area contributed by atoms with Crippen molar-refractivity contribution in [1.29, 1.82) is 0 Å². The molecule has 0 atom stereocenters. The van der Waals surface area contributed by atoms with Crippen LogP contribution in [0.15, 0.2) is 18.2 Å². The van der Waals surface area contributed by atoms with Crippen molar-refractivity contribution in [2.45, 2.75) is 6.54 Å². The topological polar surface area (TPSA) is 78.7 Å². The number of rotatable bonds is 4. The molecule has 20 heavy (non-hydrogen) atoms. The second-order valence-electron chi connectivity index (χ2n) is 4.87. The van der Waals surface area contributed by atoms with Crippen LogP contribution in [0.4, 0.5) is 11.4 Å². The van der Waals surface area contributed by atoms with Gasteiger partial charge in [-0.3, -0.25) is 19.8 Å². The number of nitro groups is 1. The third kappa shape index (κ3) is 3.05. The number of amides is 1. The molecule has 0 radical (unpaired) electrons. The summed E-state index contributed by atoms with van der Waals surface area (Å²) in [5.41, 5.74) is 1.75. The van der Waals surface area contributed by atoms with Gasteiger partial charge in [0.25, 0.3) is 5.69 Å². The molecule has 108 valence electrons. The molecule has 1 saturated heterocycles. The molecular weight excluding hydrogens is 260 g/mol. The minimum absolute atomic E-state index is 0.0689. The number of anilines is 1. The van der Waals surface area contributed by atoms with Crippen LogP contribution in [0.1, 0.15) is 5.56 Å². The van der Waals surface area contributed by atoms with Crippen molar-refractivity contribution in [3.63, 3.8) is 0 Å². The molecule has 7 nitrogen and oxygen atoms in total. The minimum Gasteiger partial charge on any atom is -0.388 e. The lowest BCUT2D eigenvalue weighted by Crippen LogP contribution is -2.48. The largest absolute Gasteiger partial charge is 0.388 e. The van der Waals surface area contributed by atoms with E-state index in [4.69, 9.17) is 0 Å². The SMILES string of the molecule is CNc1ccc([N+](=O)[O-])cc1CN1CCN(C)C(=O)C1. The van der Waals surface area contributed by atoms with E-state index in [1.54, 1.807) is 31.1 Å². The first kappa shape index (κ1) is 14.3. The van der Waals surface area contributed by atoms with Crippen LogP contribution in [0.2, 0.25) is 0 Å². The van der Waals surface area contributed by atoms with Crippen molar-refractivity contribution < 1.29 is 9.72 Å². The van der Waals surface area contributed by atoms with Crippen LogP contribution in [-0.4, -0.2) is 54.4 Å². The monoisotopic (exact) mass is 278 g/mol. The summed E-state index contributed by atoms with van der Waals surface area (Å²) < 4.78 is 0. The standard InChI is InChI=1S/C13H18N4O3/c1-14-12-4-3-11(17(19)20)7-10(12)8-16-6-5-15(2)13(18)9-16/h3-4,7,14H,5-6,8-9H2,1-2H3. The van der Waals surface area contributed by atoms with Crippen molar-refractivity contribution in [2.75, 3.05) is 39.0 Å². The van der Waals surface area contributed by atoms with E-state index in [9.17, 15) is 14.9 Å². The molecular formula is C13H18N4O3. The fourth-order valence-electron chi connectivity index (χ4n) is 2.25. The van der Waals surface area contributed by atoms with E-state index >= 15 is 0 Å². The van der Waals surface area contributed by atoms with E-state index in [1.165, 1.54) is 6.07 Å². The number of hydrogen-bond acceptors (Lipinski definition) is 5. The lowest BCUT2D eigenvalue weighted by molar-refractivity contribution is -0.384. The van der Waals surface area contributed by atoms with E-state index < -0.39 is 4.92 Å². The zero-order valence-electron chi connectivity index (χ0n) is 11.6. The van der Waals surface area contributed by atoms with Crippen LogP contribution < -0.4 is 5.32 Å². The first-order valence-corrected chi connectivity index (χ1v) is 6.42. The number of non-ortho nitro benzene ring substituents is 1. The Morgan fingerprint density at radius 3 is 2.75 bits per heavy atom. The third-order valence-corrected chi connectivity index (χ3v) is 3.50. The first-order chi connectivity index (χ1) is 9.51. The third-order valence-electron chi connectivity index (χ3n) is 3.50. The van der Waals surface area contributed by atoms with Gasteiger partial charge in [0.15, 0.2) is 0 Å². The second-order valence-corrected chi connectivity index (χ2v) is 4.87. The highest BCUT2D eigenvalue weighted by atomic mass is 16.6. The van der Waals surface area contributed by atoms with Crippen molar-refractivity contribution in [1.82, 2.24) is 9.80 Å². The molecule has 2 rings (SSSR count). The van der Waals surface area contributed by atoms with Crippen molar-refractivity contribution in [2.24, 2.45) is 0 Å². The highest BCUT2D eigenvalue weighted by Crippen LogP contribution is 2.23. The Hall–Kier alpha value is -2.15. The zero-order valence-corrected chi connectivity index (χ0v) is 11.6. The molecule has 1 aromatic rings. The molecule has 0 aliphatic carbocycles. The van der Waals surface area contributed by atoms with Gasteiger partial charge in [-0.25, -0.2) is 0 Å². The van der Waals surface area contributed by atoms with Crippen LogP contribution in [-0.2, 0) is 11.3 Å². The smallest absolute Gasteiger partial charge is 0.269 e. The molecule has 1 aliphatic heterocycles. The highest BCUT2D eigenvalue weighted by molar-refractivity contribution is 5.78. The number of piperazine rings is 1. The Morgan fingerprint density at radius 2 is 2.15 bits per heavy atom. The number of hydrogen-bond donors (Lipinski definition) is 1. The van der Waals surface area contributed by atoms with Gasteiger partial charge in [0, 0.05) is 51.5 Å². The molecule has 0 spiro atoms. The number of likely N-dealkylation sites (N-methyl/N-ethyl adjacent to an activating group) is 1. The molecule has 1 fully saturated rings. The fourth-order valence-corrected chi connectivity index (χ4v) is 2.25. The Morgan fingerprint density at radius 1 is 1.40 bits per heavy atom. The van der Waals surface area contributed by atoms with Gasteiger partial charge in [0.2, 0.25) is 5.91 Å². The molecule has 1 aliphatic rings. The number of nitro benzene ring substituents is 1. The van der Waals surface area contributed by atoms with Gasteiger partial charge < -0.3 is 10.2 Å². The summed E-state index contributed by atoms with van der Waals surface area (Å²) in [7, 11) is 3.56. The predicted molar refractivity (Wildman–Crippen MR) is 75.6 cm³/mol. The van der Waals surface area contributed by atoms with Crippen molar-refractivity contribution in [3.8, 4) is 0 Å². The average Bonchev–Trinajstić information content (AvgIpc) is 2.42. The Bertz CT molecular complexity index is 532. The molecule has 0 saturated carbocycles. The summed E-state index contributed by atoms with van der Waals surface area (Å²) in [4.78, 5) is 25.8. The van der Waals surface area contributed by atoms with Gasteiger partial charge in [-0.1, -0.05) is 0 Å². The summed E-state index contributed by atoms with van der Waals surface area (Å²) in [6, 6.07) is 4.74. The van der Waals surface area contributed by atoms with Crippen LogP contribution >= 0.6 is 0 Å². The summed E-state index contributed by atoms with van der Waals surface area (Å²) in [6.07, 6.45) is 0. The number of nitrogens with one attached hydrogen (secondary N) is 1. The maximum Gasteiger partial charge on any atom is 0.269 e. The molecule has 0 aromatic heterocycles. The highest BCUT2D eigenvalue weighted by Gasteiger charge is 2.22. The molecule has 0 bridgehead atoms. The van der Waals surface area contributed by atoms with Crippen LogP contribution in [0.3, 0.4) is 0 Å². The zero-order chi connectivity index (χ0) is 14.7. The van der Waals surface area contributed by atoms with Crippen LogP contribution in [0.25, 0.3) is 0 Å². The van der Waals surface area contributed by atoms with Gasteiger partial charge in [0.05, 0.1) is 11.5 Å². The molecule has 1 aromatic carbocycles. The molecule has 1 heterocycles. The number of carbonyl (C=O) groups excluding carboxylic acids is 1. The van der Waals surface area contributed by atoms with Gasteiger partial charge in [-0.15, -0.1) is 0 Å². The van der Waals surface area contributed by atoms with Crippen LogP contribution in [0, 0.1) is 10.1 Å². The van der Waals surface area contributed by atoms with E-state index in [1.807, 2.05) is 4.90 Å². The summed E-state index contributed by atoms with van der Waals surface area (Å²) in [5, 5.41) is 13.9. The molecule has 7 heteroatoms. The summed E-state index contributed by atoms with van der Waals surface area (Å²) in [5.74, 6) is 0.0766. The van der Waals surface area contributed by atoms with Crippen molar-refractivity contribution in [3.05, 3.63) is 33.9 Å². The maximum absolute atomic E-state index is 11.7. The Kier molecular flexibility index (Phi) is 4.19. The van der Waals surface area contributed by atoms with E-state index in [-0.39, 0.29) is 11.6 Å². The molecule has 1 amide bonds. The van der Waals surface area contributed by atoms with E-state index in [2.05, 4.69) is 5.32 Å². The van der Waals surface area contributed by atoms with E-state index in [0.29, 0.717) is 19.6 Å². The normalized spacial score (nSPS) is 16.3. The van der Waals surface area contributed by atoms with Crippen molar-refractivity contribution >= 4 is 17.3 Å². The lowest BCUT2D eigenvalue weighted by Gasteiger charge is -2.32. The average molecular weight is 278 g/mol. The van der Waals surface area contributed by atoms with Gasteiger partial charge in [0.1, 0.15) is 0 Å². The molecule has 1 N–H and O–H groups in total. The second kappa shape index (κ2) is 5.87. The Labute approximate surface area is 117 Å². The minimum atomic E-state index is -0.405. The fraction of sp³-hybridized carbons (Fsp3) is 0.462. The van der Waals surface area contributed by atoms with E-state index in [0.717, 1.165) is 17.8 Å². The maximum atomic E-state index is 11.7.